The quantitative estimate of drug-likeness (QED) is 0.571. The molecule has 0 aliphatic carbocycles. The molecule has 0 atom stereocenters. The van der Waals surface area contributed by atoms with Crippen LogP contribution >= 0.6 is 0 Å². The van der Waals surface area contributed by atoms with Gasteiger partial charge in [-0.3, -0.25) is 0 Å². The Bertz CT molecular complexity index is 333. The molecule has 0 radical (unpaired) electrons. The van der Waals surface area contributed by atoms with Crippen LogP contribution in [0.1, 0.15) is 34.6 Å². The van der Waals surface area contributed by atoms with Crippen LogP contribution in [0, 0.1) is 5.92 Å². The highest BCUT2D eigenvalue weighted by atomic mass is 14.0. The highest BCUT2D eigenvalue weighted by molar-refractivity contribution is 5.62. The molecule has 0 saturated carbocycles. The van der Waals surface area contributed by atoms with E-state index in [-0.39, 0.29) is 0 Å². The second-order valence-corrected chi connectivity index (χ2v) is 4.46. The maximum atomic E-state index is 2.17. The zero-order valence-electron chi connectivity index (χ0n) is 12.4. The largest absolute Gasteiger partial charge is 0.0683 e. The normalized spacial score (nSPS) is 8.78. The zero-order chi connectivity index (χ0) is 13.8. The Balaban J connectivity index is 0.000000415. The minimum atomic E-state index is 0.833. The molecule has 0 heterocycles. The van der Waals surface area contributed by atoms with Gasteiger partial charge in [0.2, 0.25) is 0 Å². The Kier molecular flexibility index (Phi) is 9.67. The Morgan fingerprint density at radius 1 is 0.556 bits per heavy atom. The van der Waals surface area contributed by atoms with Crippen LogP contribution in [0.4, 0.5) is 0 Å². The molecule has 0 aliphatic heterocycles. The molecule has 0 amide bonds. The molecule has 0 unspecified atom stereocenters. The second kappa shape index (κ2) is 10.6. The van der Waals surface area contributed by atoms with Gasteiger partial charge in [-0.15, -0.1) is 0 Å². The minimum Gasteiger partial charge on any atom is -0.0683 e. The van der Waals surface area contributed by atoms with Crippen LogP contribution in [-0.2, 0) is 0 Å². The van der Waals surface area contributed by atoms with E-state index in [2.05, 4.69) is 69.3 Å². The third kappa shape index (κ3) is 7.67. The maximum absolute atomic E-state index is 2.17. The lowest BCUT2D eigenvalue weighted by Crippen LogP contribution is -1.73. The predicted octanol–water partition coefficient (Wildman–Crippen LogP) is 6.04. The molecular formula is C18H26. The molecule has 0 nitrogen and oxygen atoms in total. The van der Waals surface area contributed by atoms with E-state index in [4.69, 9.17) is 0 Å². The zero-order valence-corrected chi connectivity index (χ0v) is 12.4. The van der Waals surface area contributed by atoms with E-state index >= 15 is 0 Å². The average molecular weight is 242 g/mol. The molecule has 98 valence electrons. The molecular weight excluding hydrogens is 216 g/mol. The topological polar surface area (TPSA) is 0 Å². The molecule has 0 N–H and O–H groups in total. The van der Waals surface area contributed by atoms with Crippen molar-refractivity contribution in [3.05, 3.63) is 60.7 Å². The van der Waals surface area contributed by atoms with Gasteiger partial charge in [0.1, 0.15) is 0 Å². The van der Waals surface area contributed by atoms with Gasteiger partial charge in [-0.2, -0.15) is 0 Å². The van der Waals surface area contributed by atoms with Gasteiger partial charge in [-0.05, 0) is 17.0 Å². The lowest BCUT2D eigenvalue weighted by atomic mass is 10.1. The third-order valence-electron chi connectivity index (χ3n) is 1.88. The summed E-state index contributed by atoms with van der Waals surface area (Å²) in [6.45, 7) is 10.5. The van der Waals surface area contributed by atoms with Gasteiger partial charge in [-0.25, -0.2) is 0 Å². The molecule has 0 bridgehead atoms. The summed E-state index contributed by atoms with van der Waals surface area (Å²) in [4.78, 5) is 0. The van der Waals surface area contributed by atoms with Crippen molar-refractivity contribution in [3.63, 3.8) is 0 Å². The van der Waals surface area contributed by atoms with Crippen molar-refractivity contribution in [1.29, 1.82) is 0 Å². The molecule has 0 heteroatoms. The van der Waals surface area contributed by atoms with Crippen LogP contribution in [0.5, 0.6) is 0 Å². The summed E-state index contributed by atoms with van der Waals surface area (Å²) in [5.41, 5.74) is 2.55. The van der Waals surface area contributed by atoms with Gasteiger partial charge < -0.3 is 0 Å². The van der Waals surface area contributed by atoms with Crippen molar-refractivity contribution in [2.45, 2.75) is 34.6 Å². The van der Waals surface area contributed by atoms with Crippen LogP contribution in [0.25, 0.3) is 11.1 Å². The van der Waals surface area contributed by atoms with Crippen molar-refractivity contribution < 1.29 is 0 Å². The van der Waals surface area contributed by atoms with Gasteiger partial charge in [0.05, 0.1) is 0 Å². The standard InChI is InChI=1S/C12H10.C4H10.C2H6/c1-3-7-11(8-4-1)12-9-5-2-6-10-12;1-4(2)3;1-2/h1-10H;4H,1-3H3;1-2H3. The molecule has 0 aromatic heterocycles. The minimum absolute atomic E-state index is 0.833. The SMILES string of the molecule is CC.CC(C)C.c1ccc(-c2ccccc2)cc1. The molecule has 2 aromatic carbocycles. The summed E-state index contributed by atoms with van der Waals surface area (Å²) < 4.78 is 0. The molecule has 0 fully saturated rings. The average Bonchev–Trinajstić information content (AvgIpc) is 2.42. The molecule has 2 rings (SSSR count). The lowest BCUT2D eigenvalue weighted by Gasteiger charge is -1.98. The fraction of sp³-hybridized carbons (Fsp3) is 0.333. The Morgan fingerprint density at radius 3 is 1.00 bits per heavy atom. The number of rotatable bonds is 1. The van der Waals surface area contributed by atoms with E-state index in [1.807, 2.05) is 26.0 Å². The van der Waals surface area contributed by atoms with Crippen molar-refractivity contribution >= 4 is 0 Å². The summed E-state index contributed by atoms with van der Waals surface area (Å²) in [5.74, 6) is 0.833. The van der Waals surface area contributed by atoms with E-state index in [1.165, 1.54) is 11.1 Å². The first-order valence-corrected chi connectivity index (χ1v) is 6.80. The monoisotopic (exact) mass is 242 g/mol. The van der Waals surface area contributed by atoms with Crippen molar-refractivity contribution in [1.82, 2.24) is 0 Å². The summed E-state index contributed by atoms with van der Waals surface area (Å²) >= 11 is 0. The summed E-state index contributed by atoms with van der Waals surface area (Å²) in [6.07, 6.45) is 0. The summed E-state index contributed by atoms with van der Waals surface area (Å²) in [5, 5.41) is 0. The van der Waals surface area contributed by atoms with Gasteiger partial charge in [0.25, 0.3) is 0 Å². The maximum Gasteiger partial charge on any atom is -0.0184 e. The molecule has 0 saturated heterocycles. The molecule has 2 aromatic rings. The number of hydrogen-bond donors (Lipinski definition) is 0. The third-order valence-corrected chi connectivity index (χ3v) is 1.88. The molecule has 0 aliphatic rings. The second-order valence-electron chi connectivity index (χ2n) is 4.46. The number of benzene rings is 2. The van der Waals surface area contributed by atoms with Crippen LogP contribution in [0.15, 0.2) is 60.7 Å². The molecule has 18 heavy (non-hydrogen) atoms. The first-order chi connectivity index (χ1) is 8.70. The summed E-state index contributed by atoms with van der Waals surface area (Å²) in [6, 6.07) is 20.8. The van der Waals surface area contributed by atoms with Crippen LogP contribution < -0.4 is 0 Å². The summed E-state index contributed by atoms with van der Waals surface area (Å²) in [7, 11) is 0. The first-order valence-electron chi connectivity index (χ1n) is 6.80. The Morgan fingerprint density at radius 2 is 0.778 bits per heavy atom. The van der Waals surface area contributed by atoms with E-state index in [0.29, 0.717) is 0 Å². The highest BCUT2D eigenvalue weighted by Gasteiger charge is 1.91. The Hall–Kier alpha value is -1.56. The predicted molar refractivity (Wildman–Crippen MR) is 83.7 cm³/mol. The van der Waals surface area contributed by atoms with E-state index in [1.54, 1.807) is 0 Å². The fourth-order valence-corrected chi connectivity index (χ4v) is 1.26. The van der Waals surface area contributed by atoms with Crippen molar-refractivity contribution in [2.24, 2.45) is 5.92 Å². The van der Waals surface area contributed by atoms with Crippen LogP contribution in [0.2, 0.25) is 0 Å². The lowest BCUT2D eigenvalue weighted by molar-refractivity contribution is 0.737. The van der Waals surface area contributed by atoms with E-state index in [0.717, 1.165) is 5.92 Å². The smallest absolute Gasteiger partial charge is 0.0184 e. The van der Waals surface area contributed by atoms with E-state index in [9.17, 15) is 0 Å². The number of hydrogen-bond acceptors (Lipinski definition) is 0. The first kappa shape index (κ1) is 16.4. The van der Waals surface area contributed by atoms with Gasteiger partial charge in [0.15, 0.2) is 0 Å². The van der Waals surface area contributed by atoms with Gasteiger partial charge >= 0.3 is 0 Å². The van der Waals surface area contributed by atoms with Crippen LogP contribution in [-0.4, -0.2) is 0 Å². The van der Waals surface area contributed by atoms with Gasteiger partial charge in [0, 0.05) is 0 Å². The Labute approximate surface area is 113 Å². The van der Waals surface area contributed by atoms with Crippen molar-refractivity contribution in [3.8, 4) is 11.1 Å². The van der Waals surface area contributed by atoms with Gasteiger partial charge in [-0.1, -0.05) is 95.3 Å². The van der Waals surface area contributed by atoms with Crippen molar-refractivity contribution in [2.75, 3.05) is 0 Å². The fourth-order valence-electron chi connectivity index (χ4n) is 1.26. The molecule has 0 spiro atoms. The highest BCUT2D eigenvalue weighted by Crippen LogP contribution is 2.17. The van der Waals surface area contributed by atoms with Crippen LogP contribution in [0.3, 0.4) is 0 Å². The van der Waals surface area contributed by atoms with E-state index < -0.39 is 0 Å².